The van der Waals surface area contributed by atoms with E-state index in [1.165, 1.54) is 5.56 Å². The number of para-hydroxylation sites is 1. The van der Waals surface area contributed by atoms with Gasteiger partial charge in [-0.2, -0.15) is 0 Å². The van der Waals surface area contributed by atoms with Crippen LogP contribution in [-0.4, -0.2) is 23.3 Å². The number of likely N-dealkylation sites (tertiary alicyclic amines) is 1. The number of carbonyl (C=O) groups excluding carboxylic acids is 2. The largest absolute Gasteiger partial charge is 0.338 e. The van der Waals surface area contributed by atoms with Gasteiger partial charge in [-0.05, 0) is 35.4 Å². The van der Waals surface area contributed by atoms with Crippen molar-refractivity contribution < 1.29 is 9.59 Å². The van der Waals surface area contributed by atoms with Crippen molar-refractivity contribution in [2.75, 3.05) is 11.9 Å². The number of hydrogen-bond acceptors (Lipinski definition) is 2. The molecule has 0 saturated carbocycles. The first-order valence-electron chi connectivity index (χ1n) is 10.5. The number of anilines is 1. The lowest BCUT2D eigenvalue weighted by molar-refractivity contribution is -0.128. The predicted molar refractivity (Wildman–Crippen MR) is 118 cm³/mol. The van der Waals surface area contributed by atoms with Gasteiger partial charge in [0.2, 0.25) is 11.8 Å². The quantitative estimate of drug-likeness (QED) is 0.732. The Morgan fingerprint density at radius 3 is 2.28 bits per heavy atom. The molecule has 154 valence electrons. The number of nitrogens with one attached hydrogen (secondary N) is 1. The highest BCUT2D eigenvalue weighted by molar-refractivity contribution is 5.98. The van der Waals surface area contributed by atoms with E-state index in [4.69, 9.17) is 0 Å². The molecule has 1 unspecified atom stereocenters. The lowest BCUT2D eigenvalue weighted by atomic mass is 9.92. The first kappa shape index (κ1) is 21.1. The molecular formula is C25H32N2O2. The lowest BCUT2D eigenvalue weighted by Gasteiger charge is -2.22. The van der Waals surface area contributed by atoms with Crippen molar-refractivity contribution in [1.29, 1.82) is 0 Å². The van der Waals surface area contributed by atoms with Crippen molar-refractivity contribution in [3.05, 3.63) is 64.7 Å². The number of amides is 2. The first-order valence-corrected chi connectivity index (χ1v) is 10.5. The third-order valence-corrected chi connectivity index (χ3v) is 5.66. The molecule has 0 aliphatic carbocycles. The Labute approximate surface area is 174 Å². The van der Waals surface area contributed by atoms with Crippen molar-refractivity contribution in [1.82, 2.24) is 4.90 Å². The summed E-state index contributed by atoms with van der Waals surface area (Å²) in [4.78, 5) is 27.4. The normalized spacial score (nSPS) is 16.7. The molecule has 3 rings (SSSR count). The standard InChI is InChI=1S/C25H32N2O2/c1-16(2)21-10-7-11-22(17(3)4)24(21)26-25(29)20-13-23(28)27(15-20)14-19-9-6-8-18(5)12-19/h6-12,16-17,20H,13-15H2,1-5H3,(H,26,29). The third-order valence-electron chi connectivity index (χ3n) is 5.66. The molecule has 2 aromatic rings. The second kappa shape index (κ2) is 8.81. The van der Waals surface area contributed by atoms with Gasteiger partial charge in [0.1, 0.15) is 0 Å². The number of carbonyl (C=O) groups is 2. The highest BCUT2D eigenvalue weighted by Gasteiger charge is 2.34. The van der Waals surface area contributed by atoms with Gasteiger partial charge < -0.3 is 10.2 Å². The summed E-state index contributed by atoms with van der Waals surface area (Å²) >= 11 is 0. The van der Waals surface area contributed by atoms with Crippen LogP contribution in [0.1, 0.15) is 68.2 Å². The van der Waals surface area contributed by atoms with Gasteiger partial charge in [0, 0.05) is 25.2 Å². The maximum atomic E-state index is 13.1. The second-order valence-electron chi connectivity index (χ2n) is 8.77. The van der Waals surface area contributed by atoms with E-state index in [-0.39, 0.29) is 24.2 Å². The van der Waals surface area contributed by atoms with Crippen LogP contribution in [0.5, 0.6) is 0 Å². The number of benzene rings is 2. The van der Waals surface area contributed by atoms with E-state index >= 15 is 0 Å². The highest BCUT2D eigenvalue weighted by atomic mass is 16.2. The van der Waals surface area contributed by atoms with Crippen molar-refractivity contribution >= 4 is 17.5 Å². The zero-order valence-electron chi connectivity index (χ0n) is 18.2. The van der Waals surface area contributed by atoms with E-state index in [2.05, 4.69) is 57.3 Å². The Bertz CT molecular complexity index is 875. The molecule has 4 heteroatoms. The molecule has 4 nitrogen and oxygen atoms in total. The lowest BCUT2D eigenvalue weighted by Crippen LogP contribution is -2.28. The summed E-state index contributed by atoms with van der Waals surface area (Å²) < 4.78 is 0. The molecule has 2 amide bonds. The minimum atomic E-state index is -0.312. The van der Waals surface area contributed by atoms with Crippen LogP contribution in [0.15, 0.2) is 42.5 Å². The third kappa shape index (κ3) is 4.87. The SMILES string of the molecule is Cc1cccc(CN2CC(C(=O)Nc3c(C(C)C)cccc3C(C)C)CC2=O)c1. The summed E-state index contributed by atoms with van der Waals surface area (Å²) in [5.74, 6) is 0.305. The fourth-order valence-corrected chi connectivity index (χ4v) is 4.05. The van der Waals surface area contributed by atoms with Crippen molar-refractivity contribution in [3.8, 4) is 0 Å². The summed E-state index contributed by atoms with van der Waals surface area (Å²) in [5, 5.41) is 3.18. The number of rotatable bonds is 6. The van der Waals surface area contributed by atoms with E-state index in [0.717, 1.165) is 22.4 Å². The fraction of sp³-hybridized carbons (Fsp3) is 0.440. The van der Waals surface area contributed by atoms with Crippen LogP contribution >= 0.6 is 0 Å². The average Bonchev–Trinajstić information content (AvgIpc) is 3.02. The molecular weight excluding hydrogens is 360 g/mol. The van der Waals surface area contributed by atoms with Crippen LogP contribution in [0.4, 0.5) is 5.69 Å². The van der Waals surface area contributed by atoms with Gasteiger partial charge in [-0.1, -0.05) is 75.7 Å². The molecule has 1 fully saturated rings. The first-order chi connectivity index (χ1) is 13.8. The van der Waals surface area contributed by atoms with Crippen LogP contribution < -0.4 is 5.32 Å². The Morgan fingerprint density at radius 2 is 1.69 bits per heavy atom. The van der Waals surface area contributed by atoms with Crippen molar-refractivity contribution in [3.63, 3.8) is 0 Å². The average molecular weight is 393 g/mol. The topological polar surface area (TPSA) is 49.4 Å². The van der Waals surface area contributed by atoms with Gasteiger partial charge in [0.15, 0.2) is 0 Å². The van der Waals surface area contributed by atoms with Gasteiger partial charge in [-0.25, -0.2) is 0 Å². The molecule has 2 aromatic carbocycles. The fourth-order valence-electron chi connectivity index (χ4n) is 4.05. The van der Waals surface area contributed by atoms with E-state index < -0.39 is 0 Å². The van der Waals surface area contributed by atoms with E-state index in [9.17, 15) is 9.59 Å². The zero-order valence-corrected chi connectivity index (χ0v) is 18.2. The number of hydrogen-bond donors (Lipinski definition) is 1. The minimum absolute atomic E-state index is 0.0490. The van der Waals surface area contributed by atoms with Gasteiger partial charge in [0.05, 0.1) is 5.92 Å². The van der Waals surface area contributed by atoms with Gasteiger partial charge in [-0.3, -0.25) is 9.59 Å². The molecule has 1 aliphatic rings. The molecule has 0 radical (unpaired) electrons. The minimum Gasteiger partial charge on any atom is -0.338 e. The summed E-state index contributed by atoms with van der Waals surface area (Å²) in [6.45, 7) is 11.6. The Balaban J connectivity index is 1.75. The summed E-state index contributed by atoms with van der Waals surface area (Å²) in [6.07, 6.45) is 0.276. The molecule has 0 spiro atoms. The number of nitrogens with zero attached hydrogens (tertiary/aromatic N) is 1. The summed E-state index contributed by atoms with van der Waals surface area (Å²) in [6, 6.07) is 14.4. The van der Waals surface area contributed by atoms with E-state index in [1.807, 2.05) is 25.1 Å². The number of aryl methyl sites for hydroxylation is 1. The molecule has 1 atom stereocenters. The molecule has 1 heterocycles. The van der Waals surface area contributed by atoms with Crippen LogP contribution in [0, 0.1) is 12.8 Å². The maximum Gasteiger partial charge on any atom is 0.229 e. The highest BCUT2D eigenvalue weighted by Crippen LogP contribution is 2.33. The monoisotopic (exact) mass is 392 g/mol. The van der Waals surface area contributed by atoms with Crippen LogP contribution in [-0.2, 0) is 16.1 Å². The van der Waals surface area contributed by atoms with Gasteiger partial charge >= 0.3 is 0 Å². The predicted octanol–water partition coefficient (Wildman–Crippen LogP) is 5.23. The zero-order chi connectivity index (χ0) is 21.1. The van der Waals surface area contributed by atoms with E-state index in [0.29, 0.717) is 24.9 Å². The van der Waals surface area contributed by atoms with Crippen LogP contribution in [0.3, 0.4) is 0 Å². The summed E-state index contributed by atoms with van der Waals surface area (Å²) in [7, 11) is 0. The molecule has 0 bridgehead atoms. The molecule has 1 saturated heterocycles. The van der Waals surface area contributed by atoms with E-state index in [1.54, 1.807) is 4.90 Å². The van der Waals surface area contributed by atoms with Gasteiger partial charge in [-0.15, -0.1) is 0 Å². The molecule has 1 N–H and O–H groups in total. The van der Waals surface area contributed by atoms with Crippen LogP contribution in [0.2, 0.25) is 0 Å². The second-order valence-corrected chi connectivity index (χ2v) is 8.77. The van der Waals surface area contributed by atoms with Crippen molar-refractivity contribution in [2.45, 2.75) is 59.4 Å². The van der Waals surface area contributed by atoms with Crippen LogP contribution in [0.25, 0.3) is 0 Å². The van der Waals surface area contributed by atoms with Crippen molar-refractivity contribution in [2.24, 2.45) is 5.92 Å². The molecule has 1 aliphatic heterocycles. The summed E-state index contributed by atoms with van der Waals surface area (Å²) in [5.41, 5.74) is 5.49. The Hall–Kier alpha value is -2.62. The molecule has 0 aromatic heterocycles. The maximum absolute atomic E-state index is 13.1. The van der Waals surface area contributed by atoms with Gasteiger partial charge in [0.25, 0.3) is 0 Å². The smallest absolute Gasteiger partial charge is 0.229 e. The Morgan fingerprint density at radius 1 is 1.07 bits per heavy atom. The Kier molecular flexibility index (Phi) is 6.41. The molecule has 29 heavy (non-hydrogen) atoms.